The Labute approximate surface area is 134 Å². The second-order valence-corrected chi connectivity index (χ2v) is 7.77. The van der Waals surface area contributed by atoms with Crippen molar-refractivity contribution in [1.29, 1.82) is 0 Å². The van der Waals surface area contributed by atoms with Crippen molar-refractivity contribution >= 4 is 13.5 Å². The number of rotatable bonds is 8. The van der Waals surface area contributed by atoms with Crippen molar-refractivity contribution in [3.05, 3.63) is 70.1 Å². The van der Waals surface area contributed by atoms with Crippen LogP contribution in [0.4, 0.5) is 0 Å². The maximum absolute atomic E-state index is 11.9. The first kappa shape index (κ1) is 17.5. The molecule has 2 aromatic rings. The molecule has 1 aromatic heterocycles. The van der Waals surface area contributed by atoms with Gasteiger partial charge < -0.3 is 10.3 Å². The number of hydrogen-bond donors (Lipinski definition) is 4. The number of carbonyl (C=O) groups excluding carboxylic acids is 1. The van der Waals surface area contributed by atoms with Gasteiger partial charge in [0.15, 0.2) is 11.9 Å². The van der Waals surface area contributed by atoms with E-state index >= 15 is 0 Å². The summed E-state index contributed by atoms with van der Waals surface area (Å²) in [7, 11) is -3.28. The minimum atomic E-state index is -3.28. The van der Waals surface area contributed by atoms with Gasteiger partial charge in [-0.05, 0) is 11.1 Å². The number of ketones is 1. The lowest BCUT2D eigenvalue weighted by Crippen LogP contribution is -2.26. The fourth-order valence-corrected chi connectivity index (χ4v) is 3.75. The molecule has 0 saturated heterocycles. The first-order chi connectivity index (χ1) is 10.9. The average Bonchev–Trinajstić information content (AvgIpc) is 2.49. The van der Waals surface area contributed by atoms with Gasteiger partial charge in [-0.25, -0.2) is 9.79 Å². The van der Waals surface area contributed by atoms with Gasteiger partial charge in [0.1, 0.15) is 6.16 Å². The number of hydrogen-bond acceptors (Lipinski definition) is 5. The van der Waals surface area contributed by atoms with Gasteiger partial charge >= 0.3 is 0 Å². The van der Waals surface area contributed by atoms with Crippen LogP contribution in [0.25, 0.3) is 0 Å². The van der Waals surface area contributed by atoms with Gasteiger partial charge in [-0.15, -0.1) is 0 Å². The highest BCUT2D eigenvalue weighted by Gasteiger charge is 2.36. The van der Waals surface area contributed by atoms with E-state index in [0.717, 1.165) is 11.1 Å². The predicted octanol–water partition coefficient (Wildman–Crippen LogP) is 1.07. The Hall–Kier alpha value is -1.85. The summed E-state index contributed by atoms with van der Waals surface area (Å²) in [6.07, 6.45) is 1.45. The third-order valence-electron chi connectivity index (χ3n) is 3.21. The molecule has 0 aliphatic rings. The molecule has 0 amide bonds. The summed E-state index contributed by atoms with van der Waals surface area (Å²) in [6, 6.07) is 12.2. The molecule has 1 aromatic carbocycles. The molecule has 0 aliphatic heterocycles. The van der Waals surface area contributed by atoms with E-state index in [4.69, 9.17) is 0 Å². The van der Waals surface area contributed by atoms with Crippen molar-refractivity contribution in [1.82, 2.24) is 10.3 Å². The smallest absolute Gasteiger partial charge is 0.279 e. The van der Waals surface area contributed by atoms with Gasteiger partial charge in [0.25, 0.3) is 7.72 Å². The lowest BCUT2D eigenvalue weighted by Gasteiger charge is -2.12. The molecule has 6 nitrogen and oxygen atoms in total. The Morgan fingerprint density at radius 3 is 2.48 bits per heavy atom. The fraction of sp³-hybridized carbons (Fsp3) is 0.250. The predicted molar refractivity (Wildman–Crippen MR) is 90.1 cm³/mol. The number of benzene rings is 1. The number of pyridine rings is 1. The molecule has 0 saturated carbocycles. The molecule has 0 unspecified atom stereocenters. The zero-order valence-electron chi connectivity index (χ0n) is 12.6. The molecule has 0 atom stereocenters. The number of H-pyrrole nitrogens is 1. The zero-order valence-corrected chi connectivity index (χ0v) is 13.5. The van der Waals surface area contributed by atoms with Crippen LogP contribution >= 0.6 is 7.72 Å². The first-order valence-corrected chi connectivity index (χ1v) is 9.28. The second-order valence-electron chi connectivity index (χ2n) is 5.38. The van der Waals surface area contributed by atoms with E-state index in [1.165, 1.54) is 6.07 Å². The van der Waals surface area contributed by atoms with Gasteiger partial charge in [-0.2, -0.15) is 0 Å². The molecule has 0 aliphatic carbocycles. The van der Waals surface area contributed by atoms with Crippen LogP contribution in [0.15, 0.2) is 53.5 Å². The molecule has 2 rings (SSSR count). The Kier molecular flexibility index (Phi) is 6.19. The monoisotopic (exact) mass is 335 g/mol. The molecular formula is C16H20N2O4P+. The van der Waals surface area contributed by atoms with Crippen LogP contribution in [0.5, 0.6) is 0 Å². The summed E-state index contributed by atoms with van der Waals surface area (Å²) in [6.45, 7) is 0.473. The SMILES string of the molecule is O=C(CNCc1ccc(=O)[nH]c1)C[P+](O)(O)Cc1ccccc1. The van der Waals surface area contributed by atoms with E-state index in [2.05, 4.69) is 10.3 Å². The van der Waals surface area contributed by atoms with Crippen LogP contribution < -0.4 is 10.9 Å². The van der Waals surface area contributed by atoms with Crippen LogP contribution in [0, 0.1) is 0 Å². The molecule has 1 heterocycles. The largest absolute Gasteiger partial charge is 0.329 e. The molecule has 0 radical (unpaired) electrons. The summed E-state index contributed by atoms with van der Waals surface area (Å²) < 4.78 is 0. The highest BCUT2D eigenvalue weighted by molar-refractivity contribution is 7.64. The molecule has 0 spiro atoms. The third kappa shape index (κ3) is 6.42. The second kappa shape index (κ2) is 8.13. The molecule has 122 valence electrons. The average molecular weight is 335 g/mol. The van der Waals surface area contributed by atoms with Gasteiger partial charge in [-0.3, -0.25) is 9.59 Å². The van der Waals surface area contributed by atoms with Gasteiger partial charge in [0.2, 0.25) is 5.56 Å². The summed E-state index contributed by atoms with van der Waals surface area (Å²) in [5.74, 6) is -0.247. The van der Waals surface area contributed by atoms with Crippen LogP contribution in [0.2, 0.25) is 0 Å². The maximum Gasteiger partial charge on any atom is 0.279 e. The van der Waals surface area contributed by atoms with E-state index < -0.39 is 7.72 Å². The minimum Gasteiger partial charge on any atom is -0.329 e. The molecule has 23 heavy (non-hydrogen) atoms. The topological polar surface area (TPSA) is 102 Å². The van der Waals surface area contributed by atoms with Gasteiger partial charge in [0, 0.05) is 18.8 Å². The van der Waals surface area contributed by atoms with Crippen molar-refractivity contribution in [2.75, 3.05) is 12.7 Å². The lowest BCUT2D eigenvalue weighted by molar-refractivity contribution is -0.116. The Bertz CT molecular complexity index is 680. The van der Waals surface area contributed by atoms with Crippen LogP contribution in [0.3, 0.4) is 0 Å². The van der Waals surface area contributed by atoms with E-state index in [0.29, 0.717) is 6.54 Å². The number of aromatic nitrogens is 1. The normalized spacial score (nSPS) is 11.4. The Balaban J connectivity index is 1.77. The minimum absolute atomic E-state index is 0.0524. The van der Waals surface area contributed by atoms with Crippen molar-refractivity contribution in [3.8, 4) is 0 Å². The molecule has 0 fully saturated rings. The van der Waals surface area contributed by atoms with Gasteiger partial charge in [0.05, 0.1) is 6.54 Å². The summed E-state index contributed by atoms with van der Waals surface area (Å²) in [4.78, 5) is 45.5. The lowest BCUT2D eigenvalue weighted by atomic mass is 10.2. The number of carbonyl (C=O) groups is 1. The highest BCUT2D eigenvalue weighted by atomic mass is 31.2. The quantitative estimate of drug-likeness (QED) is 0.541. The number of nitrogens with one attached hydrogen (secondary N) is 2. The van der Waals surface area contributed by atoms with E-state index in [-0.39, 0.29) is 30.2 Å². The van der Waals surface area contributed by atoms with Crippen molar-refractivity contribution in [2.24, 2.45) is 0 Å². The molecule has 0 bridgehead atoms. The van der Waals surface area contributed by atoms with E-state index in [1.807, 2.05) is 18.2 Å². The van der Waals surface area contributed by atoms with E-state index in [9.17, 15) is 19.4 Å². The molecule has 7 heteroatoms. The summed E-state index contributed by atoms with van der Waals surface area (Å²) in [5, 5.41) is 2.93. The fourth-order valence-electron chi connectivity index (χ4n) is 2.17. The van der Waals surface area contributed by atoms with E-state index in [1.54, 1.807) is 24.4 Å². The molecule has 4 N–H and O–H groups in total. The number of Topliss-reactive ketones (excluding diaryl/α,β-unsaturated/α-hetero) is 1. The van der Waals surface area contributed by atoms with Crippen molar-refractivity contribution < 1.29 is 14.6 Å². The van der Waals surface area contributed by atoms with Crippen LogP contribution in [0.1, 0.15) is 11.1 Å². The number of aromatic amines is 1. The van der Waals surface area contributed by atoms with Crippen molar-refractivity contribution in [3.63, 3.8) is 0 Å². The van der Waals surface area contributed by atoms with Crippen LogP contribution in [-0.4, -0.2) is 33.3 Å². The van der Waals surface area contributed by atoms with Crippen LogP contribution in [-0.2, 0) is 17.5 Å². The Morgan fingerprint density at radius 2 is 1.83 bits per heavy atom. The van der Waals surface area contributed by atoms with Gasteiger partial charge in [-0.1, -0.05) is 36.4 Å². The third-order valence-corrected chi connectivity index (χ3v) is 4.94. The van der Waals surface area contributed by atoms with Crippen molar-refractivity contribution in [2.45, 2.75) is 12.7 Å². The zero-order chi connectivity index (χ0) is 16.7. The maximum atomic E-state index is 11.9. The highest BCUT2D eigenvalue weighted by Crippen LogP contribution is 2.52. The standard InChI is InChI=1S/C16H19N2O4P/c19-15(10-17-8-14-6-7-16(20)18-9-14)12-23(21,22)11-13-4-2-1-3-5-13/h1-7,9,17,21-22H,8,10-12H2/p+1. The Morgan fingerprint density at radius 1 is 1.09 bits per heavy atom. The molecular weight excluding hydrogens is 315 g/mol. The first-order valence-electron chi connectivity index (χ1n) is 7.21. The summed E-state index contributed by atoms with van der Waals surface area (Å²) in [5.41, 5.74) is 1.47. The summed E-state index contributed by atoms with van der Waals surface area (Å²) >= 11 is 0.